The molecule has 0 aliphatic heterocycles. The molecule has 0 fully saturated rings. The first-order valence-corrected chi connectivity index (χ1v) is 18.3. The predicted molar refractivity (Wildman–Crippen MR) is 222 cm³/mol. The first-order valence-electron chi connectivity index (χ1n) is 18.3. The van der Waals surface area contributed by atoms with Gasteiger partial charge in [0.1, 0.15) is 11.2 Å². The SMILES string of the molecule is c1ccc2c(c1)-c1cccc3c(-n4c5ccccc5c5c4ccc4c6c7oc8ccccc8c7ccc6n(-c6ccc7ccccc7c6)c45)ccc-2c13. The lowest BCUT2D eigenvalue weighted by molar-refractivity contribution is 0.673. The van der Waals surface area contributed by atoms with Crippen LogP contribution in [0.4, 0.5) is 0 Å². The summed E-state index contributed by atoms with van der Waals surface area (Å²) in [5, 5.41) is 12.1. The molecular formula is C50H28N2O. The molecule has 3 aromatic heterocycles. The molecule has 3 heteroatoms. The van der Waals surface area contributed by atoms with Crippen LogP contribution in [0, 0.1) is 0 Å². The van der Waals surface area contributed by atoms with Crippen LogP contribution in [-0.2, 0) is 0 Å². The lowest BCUT2D eigenvalue weighted by Gasteiger charge is -2.14. The fourth-order valence-electron chi connectivity index (χ4n) is 9.65. The Morgan fingerprint density at radius 3 is 1.92 bits per heavy atom. The number of benzene rings is 9. The summed E-state index contributed by atoms with van der Waals surface area (Å²) in [6.07, 6.45) is 0. The third kappa shape index (κ3) is 3.44. The van der Waals surface area contributed by atoms with E-state index >= 15 is 0 Å². The van der Waals surface area contributed by atoms with Crippen LogP contribution in [0.3, 0.4) is 0 Å². The van der Waals surface area contributed by atoms with Gasteiger partial charge in [-0.25, -0.2) is 0 Å². The second-order valence-corrected chi connectivity index (χ2v) is 14.4. The van der Waals surface area contributed by atoms with E-state index in [1.165, 1.54) is 82.2 Å². The molecule has 0 spiro atoms. The molecule has 12 aromatic rings. The maximum absolute atomic E-state index is 6.75. The third-order valence-corrected chi connectivity index (χ3v) is 11.8. The number of fused-ring (bicyclic) bond motifs is 15. The van der Waals surface area contributed by atoms with Gasteiger partial charge in [0.25, 0.3) is 0 Å². The predicted octanol–water partition coefficient (Wildman–Crippen LogP) is 13.7. The number of nitrogens with zero attached hydrogens (tertiary/aromatic N) is 2. The van der Waals surface area contributed by atoms with E-state index in [0.29, 0.717) is 0 Å². The monoisotopic (exact) mass is 672 g/mol. The fourth-order valence-corrected chi connectivity index (χ4v) is 9.65. The van der Waals surface area contributed by atoms with Crippen LogP contribution in [0.2, 0.25) is 0 Å². The van der Waals surface area contributed by atoms with E-state index in [2.05, 4.69) is 179 Å². The van der Waals surface area contributed by atoms with Crippen molar-refractivity contribution in [3.63, 3.8) is 0 Å². The molecule has 1 aliphatic rings. The van der Waals surface area contributed by atoms with Crippen molar-refractivity contribution in [2.45, 2.75) is 0 Å². The molecule has 0 bridgehead atoms. The van der Waals surface area contributed by atoms with Crippen LogP contribution in [0.5, 0.6) is 0 Å². The van der Waals surface area contributed by atoms with E-state index in [9.17, 15) is 0 Å². The molecule has 0 unspecified atom stereocenters. The standard InChI is InChI=1S/C50H28N2O/c1-2-11-30-28-31(21-20-29(30)10-1)51-44-26-23-37-34-14-6-8-19-45(34)53-50(37)48(44)40-24-27-43-47(49(40)51)39-15-5-7-18-41(39)52(43)42-25-22-36-33-13-4-3-12-32(33)35-16-9-17-38(42)46(35)36/h1-28H. The van der Waals surface area contributed by atoms with Crippen LogP contribution >= 0.6 is 0 Å². The van der Waals surface area contributed by atoms with Crippen molar-refractivity contribution in [1.29, 1.82) is 0 Å². The Morgan fingerprint density at radius 1 is 0.358 bits per heavy atom. The zero-order valence-corrected chi connectivity index (χ0v) is 28.5. The van der Waals surface area contributed by atoms with Crippen molar-refractivity contribution < 1.29 is 4.42 Å². The summed E-state index contributed by atoms with van der Waals surface area (Å²) in [6.45, 7) is 0. The van der Waals surface area contributed by atoms with Gasteiger partial charge in [-0.15, -0.1) is 0 Å². The van der Waals surface area contributed by atoms with Gasteiger partial charge in [-0.05, 0) is 93.0 Å². The molecule has 1 aliphatic carbocycles. The highest BCUT2D eigenvalue weighted by Gasteiger charge is 2.26. The fraction of sp³-hybridized carbons (Fsp3) is 0. The smallest absolute Gasteiger partial charge is 0.145 e. The van der Waals surface area contributed by atoms with Gasteiger partial charge in [-0.1, -0.05) is 115 Å². The van der Waals surface area contributed by atoms with Gasteiger partial charge in [-0.2, -0.15) is 0 Å². The maximum atomic E-state index is 6.75. The summed E-state index contributed by atoms with van der Waals surface area (Å²) in [6, 6.07) is 62.2. The summed E-state index contributed by atoms with van der Waals surface area (Å²) in [7, 11) is 0. The first kappa shape index (κ1) is 27.6. The molecule has 9 aromatic carbocycles. The van der Waals surface area contributed by atoms with Gasteiger partial charge < -0.3 is 13.6 Å². The van der Waals surface area contributed by atoms with Crippen molar-refractivity contribution in [2.24, 2.45) is 0 Å². The number of rotatable bonds is 2. The van der Waals surface area contributed by atoms with Gasteiger partial charge in [-0.3, -0.25) is 0 Å². The normalized spacial score (nSPS) is 12.5. The highest BCUT2D eigenvalue weighted by Crippen LogP contribution is 2.50. The molecule has 3 heterocycles. The number of hydrogen-bond donors (Lipinski definition) is 0. The molecule has 0 atom stereocenters. The quantitative estimate of drug-likeness (QED) is 0.179. The Balaban J connectivity index is 1.22. The van der Waals surface area contributed by atoms with Gasteiger partial charge in [0.15, 0.2) is 0 Å². The lowest BCUT2D eigenvalue weighted by atomic mass is 10.0. The number of furan rings is 1. The number of hydrogen-bond acceptors (Lipinski definition) is 1. The van der Waals surface area contributed by atoms with Crippen molar-refractivity contribution in [2.75, 3.05) is 0 Å². The molecule has 53 heavy (non-hydrogen) atoms. The van der Waals surface area contributed by atoms with Gasteiger partial charge >= 0.3 is 0 Å². The van der Waals surface area contributed by atoms with Crippen LogP contribution in [-0.4, -0.2) is 9.13 Å². The lowest BCUT2D eigenvalue weighted by Crippen LogP contribution is -1.96. The average Bonchev–Trinajstić information content (AvgIpc) is 3.95. The largest absolute Gasteiger partial charge is 0.455 e. The second-order valence-electron chi connectivity index (χ2n) is 14.4. The number of para-hydroxylation sites is 2. The van der Waals surface area contributed by atoms with E-state index in [4.69, 9.17) is 4.42 Å². The van der Waals surface area contributed by atoms with Crippen LogP contribution in [0.15, 0.2) is 174 Å². The zero-order chi connectivity index (χ0) is 34.4. The Bertz CT molecular complexity index is 3540. The van der Waals surface area contributed by atoms with Gasteiger partial charge in [0.05, 0.1) is 33.1 Å². The van der Waals surface area contributed by atoms with Crippen LogP contribution < -0.4 is 0 Å². The Labute approximate surface area is 303 Å². The molecule has 0 N–H and O–H groups in total. The highest BCUT2D eigenvalue weighted by atomic mass is 16.3. The molecule has 0 saturated carbocycles. The molecule has 0 saturated heterocycles. The van der Waals surface area contributed by atoms with Crippen molar-refractivity contribution in [1.82, 2.24) is 9.13 Å². The molecular weight excluding hydrogens is 645 g/mol. The minimum absolute atomic E-state index is 0.911. The Morgan fingerprint density at radius 2 is 1.04 bits per heavy atom. The highest BCUT2D eigenvalue weighted by molar-refractivity contribution is 6.31. The van der Waals surface area contributed by atoms with Crippen molar-refractivity contribution >= 4 is 87.1 Å². The van der Waals surface area contributed by atoms with Gasteiger partial charge in [0, 0.05) is 38.0 Å². The second kappa shape index (κ2) is 9.81. The summed E-state index contributed by atoms with van der Waals surface area (Å²) in [4.78, 5) is 0. The topological polar surface area (TPSA) is 23.0 Å². The number of aromatic nitrogens is 2. The van der Waals surface area contributed by atoms with Crippen LogP contribution in [0.25, 0.3) is 121 Å². The third-order valence-electron chi connectivity index (χ3n) is 11.8. The summed E-state index contributed by atoms with van der Waals surface area (Å²) >= 11 is 0. The summed E-state index contributed by atoms with van der Waals surface area (Å²) < 4.78 is 11.7. The van der Waals surface area contributed by atoms with E-state index in [1.807, 2.05) is 0 Å². The van der Waals surface area contributed by atoms with Crippen LogP contribution in [0.1, 0.15) is 0 Å². The van der Waals surface area contributed by atoms with E-state index in [0.717, 1.165) is 38.5 Å². The summed E-state index contributed by atoms with van der Waals surface area (Å²) in [5.74, 6) is 0. The zero-order valence-electron chi connectivity index (χ0n) is 28.5. The minimum atomic E-state index is 0.911. The Hall–Kier alpha value is -7.10. The van der Waals surface area contributed by atoms with Crippen molar-refractivity contribution in [3.05, 3.63) is 170 Å². The van der Waals surface area contributed by atoms with E-state index in [-0.39, 0.29) is 0 Å². The maximum Gasteiger partial charge on any atom is 0.145 e. The van der Waals surface area contributed by atoms with Crippen molar-refractivity contribution in [3.8, 4) is 33.6 Å². The first-order chi connectivity index (χ1) is 26.3. The molecule has 0 amide bonds. The molecule has 3 nitrogen and oxygen atoms in total. The van der Waals surface area contributed by atoms with E-state index < -0.39 is 0 Å². The molecule has 13 rings (SSSR count). The average molecular weight is 673 g/mol. The van der Waals surface area contributed by atoms with Gasteiger partial charge in [0.2, 0.25) is 0 Å². The molecule has 0 radical (unpaired) electrons. The van der Waals surface area contributed by atoms with E-state index in [1.54, 1.807) is 0 Å². The Kier molecular flexibility index (Phi) is 5.11. The molecule has 244 valence electrons. The summed E-state index contributed by atoms with van der Waals surface area (Å²) in [5.41, 5.74) is 14.1. The minimum Gasteiger partial charge on any atom is -0.455 e.